The highest BCUT2D eigenvalue weighted by molar-refractivity contribution is 5.82. The molecular weight excluding hydrogens is 244 g/mol. The van der Waals surface area contributed by atoms with E-state index in [1.807, 2.05) is 4.98 Å². The minimum absolute atomic E-state index is 0.109. The maximum Gasteiger partial charge on any atom is 0.373 e. The van der Waals surface area contributed by atoms with Crippen LogP contribution >= 0.6 is 0 Å². The molecule has 0 atom stereocenters. The van der Waals surface area contributed by atoms with Crippen molar-refractivity contribution in [2.75, 3.05) is 0 Å². The summed E-state index contributed by atoms with van der Waals surface area (Å²) >= 11 is 0. The molecule has 1 heterocycles. The van der Waals surface area contributed by atoms with Crippen molar-refractivity contribution >= 4 is 11.7 Å². The summed E-state index contributed by atoms with van der Waals surface area (Å²) in [5, 5.41) is 22.7. The van der Waals surface area contributed by atoms with Crippen molar-refractivity contribution in [2.45, 2.75) is 0 Å². The Labute approximate surface area is 98.5 Å². The Morgan fingerprint density at radius 2 is 2.22 bits per heavy atom. The Balaban J connectivity index is 2.55. The summed E-state index contributed by atoms with van der Waals surface area (Å²) in [5.74, 6) is -1.93. The van der Waals surface area contributed by atoms with Crippen molar-refractivity contribution in [1.82, 2.24) is 14.8 Å². The van der Waals surface area contributed by atoms with Gasteiger partial charge in [0, 0.05) is 12.1 Å². The van der Waals surface area contributed by atoms with Gasteiger partial charge in [0.15, 0.2) is 0 Å². The molecular formula is C9H6N4O5. The van der Waals surface area contributed by atoms with Crippen LogP contribution in [0.4, 0.5) is 5.69 Å². The molecule has 0 amide bonds. The Bertz CT molecular complexity index is 686. The molecule has 9 nitrogen and oxygen atoms in total. The van der Waals surface area contributed by atoms with Crippen molar-refractivity contribution in [2.24, 2.45) is 0 Å². The largest absolute Gasteiger partial charge is 0.475 e. The van der Waals surface area contributed by atoms with Gasteiger partial charge >= 0.3 is 11.7 Å². The normalized spacial score (nSPS) is 10.2. The van der Waals surface area contributed by atoms with E-state index in [4.69, 9.17) is 5.11 Å². The first-order chi connectivity index (χ1) is 8.49. The zero-order valence-electron chi connectivity index (χ0n) is 8.73. The Hall–Kier alpha value is -2.97. The Morgan fingerprint density at radius 1 is 1.50 bits per heavy atom. The molecule has 0 aliphatic carbocycles. The molecule has 0 unspecified atom stereocenters. The zero-order chi connectivity index (χ0) is 13.3. The van der Waals surface area contributed by atoms with Crippen LogP contribution in [0.25, 0.3) is 5.69 Å². The van der Waals surface area contributed by atoms with Crippen LogP contribution in [0.3, 0.4) is 0 Å². The fourth-order valence-electron chi connectivity index (χ4n) is 1.33. The number of hydrogen-bond acceptors (Lipinski definition) is 5. The molecule has 1 aromatic carbocycles. The predicted octanol–water partition coefficient (Wildman–Crippen LogP) is 0.167. The maximum absolute atomic E-state index is 11.4. The smallest absolute Gasteiger partial charge is 0.373 e. The zero-order valence-corrected chi connectivity index (χ0v) is 8.73. The molecule has 2 rings (SSSR count). The number of aromatic nitrogens is 3. The summed E-state index contributed by atoms with van der Waals surface area (Å²) in [5.41, 5.74) is -0.898. The quantitative estimate of drug-likeness (QED) is 0.589. The molecule has 0 saturated carbocycles. The molecule has 0 bridgehead atoms. The van der Waals surface area contributed by atoms with Gasteiger partial charge in [0.25, 0.3) is 5.69 Å². The molecule has 0 aliphatic rings. The summed E-state index contributed by atoms with van der Waals surface area (Å²) in [6.07, 6.45) is 0. The number of nitro benzene ring substituents is 1. The van der Waals surface area contributed by atoms with Gasteiger partial charge in [0.05, 0.1) is 10.6 Å². The van der Waals surface area contributed by atoms with E-state index < -0.39 is 22.4 Å². The molecule has 0 fully saturated rings. The van der Waals surface area contributed by atoms with Gasteiger partial charge in [-0.15, -0.1) is 5.10 Å². The fourth-order valence-corrected chi connectivity index (χ4v) is 1.33. The average Bonchev–Trinajstić information content (AvgIpc) is 2.72. The highest BCUT2D eigenvalue weighted by atomic mass is 16.6. The third kappa shape index (κ3) is 1.96. The van der Waals surface area contributed by atoms with E-state index in [0.29, 0.717) is 0 Å². The number of carbonyl (C=O) groups is 1. The highest BCUT2D eigenvalue weighted by Gasteiger charge is 2.14. The van der Waals surface area contributed by atoms with E-state index in [0.717, 1.165) is 10.7 Å². The summed E-state index contributed by atoms with van der Waals surface area (Å²) in [4.78, 5) is 34.0. The van der Waals surface area contributed by atoms with Crippen LogP contribution in [-0.4, -0.2) is 30.8 Å². The SMILES string of the molecule is O=C(O)c1nn(-c2cccc([N+](=O)[O-])c2)c(=O)[nH]1. The minimum atomic E-state index is -1.39. The van der Waals surface area contributed by atoms with Gasteiger partial charge in [-0.2, -0.15) is 4.68 Å². The summed E-state index contributed by atoms with van der Waals surface area (Å²) in [6, 6.07) is 5.14. The van der Waals surface area contributed by atoms with Gasteiger partial charge in [-0.05, 0) is 6.07 Å². The van der Waals surface area contributed by atoms with Crippen LogP contribution in [0.2, 0.25) is 0 Å². The maximum atomic E-state index is 11.4. The lowest BCUT2D eigenvalue weighted by Gasteiger charge is -1.98. The van der Waals surface area contributed by atoms with Crippen LogP contribution in [0.15, 0.2) is 29.1 Å². The molecule has 92 valence electrons. The number of aromatic amines is 1. The van der Waals surface area contributed by atoms with Gasteiger partial charge in [0.2, 0.25) is 5.82 Å². The van der Waals surface area contributed by atoms with Gasteiger partial charge in [-0.25, -0.2) is 9.59 Å². The average molecular weight is 250 g/mol. The first-order valence-electron chi connectivity index (χ1n) is 4.66. The first-order valence-corrected chi connectivity index (χ1v) is 4.66. The number of H-pyrrole nitrogens is 1. The van der Waals surface area contributed by atoms with Gasteiger partial charge in [0.1, 0.15) is 0 Å². The van der Waals surface area contributed by atoms with E-state index in [-0.39, 0.29) is 11.4 Å². The fraction of sp³-hybridized carbons (Fsp3) is 0. The summed E-state index contributed by atoms with van der Waals surface area (Å²) in [7, 11) is 0. The van der Waals surface area contributed by atoms with Gasteiger partial charge < -0.3 is 5.11 Å². The Kier molecular flexibility index (Phi) is 2.64. The van der Waals surface area contributed by atoms with Gasteiger partial charge in [-0.3, -0.25) is 15.1 Å². The van der Waals surface area contributed by atoms with Crippen molar-refractivity contribution in [1.29, 1.82) is 0 Å². The first kappa shape index (κ1) is 11.5. The topological polar surface area (TPSA) is 131 Å². The number of carboxylic acid groups (broad SMARTS) is 1. The van der Waals surface area contributed by atoms with Crippen LogP contribution in [0.1, 0.15) is 10.6 Å². The third-order valence-corrected chi connectivity index (χ3v) is 2.11. The number of carboxylic acids is 1. The standard InChI is InChI=1S/C9H6N4O5/c14-8(15)7-10-9(16)12(11-7)5-2-1-3-6(4-5)13(17)18/h1-4H,(H,14,15)(H,10,11,16). The summed E-state index contributed by atoms with van der Waals surface area (Å²) < 4.78 is 0.746. The van der Waals surface area contributed by atoms with Crippen LogP contribution in [0.5, 0.6) is 0 Å². The number of aromatic carboxylic acids is 1. The number of hydrogen-bond donors (Lipinski definition) is 2. The van der Waals surface area contributed by atoms with E-state index in [1.54, 1.807) is 0 Å². The molecule has 0 aliphatic heterocycles. The monoisotopic (exact) mass is 250 g/mol. The van der Waals surface area contributed by atoms with Crippen molar-refractivity contribution < 1.29 is 14.8 Å². The lowest BCUT2D eigenvalue weighted by molar-refractivity contribution is -0.384. The van der Waals surface area contributed by atoms with Crippen molar-refractivity contribution in [3.8, 4) is 5.69 Å². The van der Waals surface area contributed by atoms with E-state index in [1.165, 1.54) is 18.2 Å². The predicted molar refractivity (Wildman–Crippen MR) is 57.8 cm³/mol. The second kappa shape index (κ2) is 4.13. The second-order valence-electron chi connectivity index (χ2n) is 3.27. The van der Waals surface area contributed by atoms with Crippen molar-refractivity contribution in [3.05, 3.63) is 50.7 Å². The minimum Gasteiger partial charge on any atom is -0.475 e. The number of nitrogens with one attached hydrogen (secondary N) is 1. The van der Waals surface area contributed by atoms with Crippen LogP contribution in [0, 0.1) is 10.1 Å². The molecule has 0 radical (unpaired) electrons. The molecule has 9 heteroatoms. The van der Waals surface area contributed by atoms with Crippen LogP contribution < -0.4 is 5.69 Å². The molecule has 0 saturated heterocycles. The molecule has 0 spiro atoms. The lowest BCUT2D eigenvalue weighted by atomic mass is 10.3. The number of nitrogens with zero attached hydrogens (tertiary/aromatic N) is 3. The van der Waals surface area contributed by atoms with Crippen molar-refractivity contribution in [3.63, 3.8) is 0 Å². The van der Waals surface area contributed by atoms with E-state index in [2.05, 4.69) is 5.10 Å². The summed E-state index contributed by atoms with van der Waals surface area (Å²) in [6.45, 7) is 0. The molecule has 1 aromatic heterocycles. The Morgan fingerprint density at radius 3 is 2.78 bits per heavy atom. The van der Waals surface area contributed by atoms with Crippen LogP contribution in [-0.2, 0) is 0 Å². The number of benzene rings is 1. The van der Waals surface area contributed by atoms with E-state index in [9.17, 15) is 19.7 Å². The van der Waals surface area contributed by atoms with E-state index >= 15 is 0 Å². The molecule has 18 heavy (non-hydrogen) atoms. The second-order valence-corrected chi connectivity index (χ2v) is 3.27. The molecule has 2 aromatic rings. The number of nitro groups is 1. The lowest BCUT2D eigenvalue weighted by Crippen LogP contribution is -2.15. The highest BCUT2D eigenvalue weighted by Crippen LogP contribution is 2.14. The third-order valence-electron chi connectivity index (χ3n) is 2.11. The van der Waals surface area contributed by atoms with Gasteiger partial charge in [-0.1, -0.05) is 6.07 Å². The molecule has 2 N–H and O–H groups in total. The number of non-ortho nitro benzene ring substituents is 1. The number of rotatable bonds is 3.